The summed E-state index contributed by atoms with van der Waals surface area (Å²) >= 11 is 7.11. The minimum Gasteiger partial charge on any atom is -0.206 e. The molecule has 0 amide bonds. The van der Waals surface area contributed by atoms with Gasteiger partial charge in [0.1, 0.15) is 4.21 Å². The molecule has 1 fully saturated rings. The summed E-state index contributed by atoms with van der Waals surface area (Å²) in [7, 11) is -3.30. The van der Waals surface area contributed by atoms with E-state index in [1.807, 2.05) is 13.0 Å². The van der Waals surface area contributed by atoms with E-state index in [1.54, 1.807) is 10.4 Å². The van der Waals surface area contributed by atoms with Crippen LogP contribution in [0.1, 0.15) is 37.5 Å². The Bertz CT molecular complexity index is 512. The Labute approximate surface area is 124 Å². The second-order valence-electron chi connectivity index (χ2n) is 4.82. The normalized spacial score (nSPS) is 21.1. The van der Waals surface area contributed by atoms with Gasteiger partial charge in [0.25, 0.3) is 10.0 Å². The molecule has 1 atom stereocenters. The lowest BCUT2D eigenvalue weighted by Gasteiger charge is -2.23. The topological polar surface area (TPSA) is 37.4 Å². The van der Waals surface area contributed by atoms with E-state index in [0.717, 1.165) is 37.0 Å². The van der Waals surface area contributed by atoms with Crippen molar-refractivity contribution in [3.63, 3.8) is 0 Å². The van der Waals surface area contributed by atoms with Gasteiger partial charge in [-0.2, -0.15) is 4.31 Å². The molecule has 0 radical (unpaired) electrons. The monoisotopic (exact) mass is 321 g/mol. The number of rotatable bonds is 6. The maximum Gasteiger partial charge on any atom is 0.252 e. The maximum atomic E-state index is 12.6. The third-order valence-corrected chi connectivity index (χ3v) is 7.46. The number of halogens is 1. The number of alkyl halides is 1. The van der Waals surface area contributed by atoms with Crippen LogP contribution in [0.2, 0.25) is 0 Å². The van der Waals surface area contributed by atoms with Gasteiger partial charge in [-0.25, -0.2) is 8.42 Å². The molecule has 19 heavy (non-hydrogen) atoms. The Kier molecular flexibility index (Phi) is 5.29. The lowest BCUT2D eigenvalue weighted by atomic mass is 10.1. The Morgan fingerprint density at radius 2 is 2.26 bits per heavy atom. The highest BCUT2D eigenvalue weighted by molar-refractivity contribution is 7.91. The molecular weight excluding hydrogens is 302 g/mol. The number of hydrogen-bond acceptors (Lipinski definition) is 3. The summed E-state index contributed by atoms with van der Waals surface area (Å²) in [6.45, 7) is 2.69. The van der Waals surface area contributed by atoms with Crippen LogP contribution in [-0.2, 0) is 16.4 Å². The lowest BCUT2D eigenvalue weighted by Crippen LogP contribution is -2.35. The van der Waals surface area contributed by atoms with Crippen LogP contribution in [-0.4, -0.2) is 31.2 Å². The molecule has 0 spiro atoms. The predicted octanol–water partition coefficient (Wildman–Crippen LogP) is 3.48. The fourth-order valence-electron chi connectivity index (χ4n) is 2.53. The summed E-state index contributed by atoms with van der Waals surface area (Å²) in [6, 6.07) is 3.80. The van der Waals surface area contributed by atoms with Crippen molar-refractivity contribution in [3.8, 4) is 0 Å². The maximum absolute atomic E-state index is 12.6. The summed E-state index contributed by atoms with van der Waals surface area (Å²) in [5.74, 6) is 0.601. The zero-order chi connectivity index (χ0) is 13.9. The molecule has 2 rings (SSSR count). The average Bonchev–Trinajstić information content (AvgIpc) is 3.05. The zero-order valence-electron chi connectivity index (χ0n) is 11.1. The molecule has 108 valence electrons. The molecule has 0 saturated carbocycles. The van der Waals surface area contributed by atoms with Crippen LogP contribution < -0.4 is 0 Å². The van der Waals surface area contributed by atoms with Gasteiger partial charge in [0.2, 0.25) is 0 Å². The van der Waals surface area contributed by atoms with E-state index in [9.17, 15) is 8.42 Å². The summed E-state index contributed by atoms with van der Waals surface area (Å²) in [4.78, 5) is 1.12. The highest BCUT2D eigenvalue weighted by Gasteiger charge is 2.35. The fraction of sp³-hybridized carbons (Fsp3) is 0.692. The number of aryl methyl sites for hydroxylation is 1. The predicted molar refractivity (Wildman–Crippen MR) is 80.6 cm³/mol. The molecule has 1 aromatic rings. The van der Waals surface area contributed by atoms with Gasteiger partial charge in [-0.1, -0.05) is 6.92 Å². The van der Waals surface area contributed by atoms with E-state index in [4.69, 9.17) is 11.6 Å². The van der Waals surface area contributed by atoms with Crippen molar-refractivity contribution in [2.24, 2.45) is 0 Å². The molecule has 3 nitrogen and oxygen atoms in total. The van der Waals surface area contributed by atoms with Gasteiger partial charge in [-0.15, -0.1) is 22.9 Å². The first-order valence-corrected chi connectivity index (χ1v) is 9.55. The van der Waals surface area contributed by atoms with Crippen molar-refractivity contribution in [1.29, 1.82) is 0 Å². The molecule has 0 aromatic carbocycles. The summed E-state index contributed by atoms with van der Waals surface area (Å²) < 4.78 is 27.5. The quantitative estimate of drug-likeness (QED) is 0.752. The molecular formula is C13H20ClNO2S2. The minimum atomic E-state index is -3.30. The van der Waals surface area contributed by atoms with Crippen LogP contribution in [0.5, 0.6) is 0 Å². The first kappa shape index (κ1) is 15.3. The van der Waals surface area contributed by atoms with Gasteiger partial charge in [0.05, 0.1) is 0 Å². The van der Waals surface area contributed by atoms with Crippen molar-refractivity contribution < 1.29 is 8.42 Å². The molecule has 1 aliphatic heterocycles. The van der Waals surface area contributed by atoms with E-state index in [1.165, 1.54) is 11.3 Å². The van der Waals surface area contributed by atoms with Crippen molar-refractivity contribution in [1.82, 2.24) is 4.31 Å². The Morgan fingerprint density at radius 1 is 1.47 bits per heavy atom. The van der Waals surface area contributed by atoms with E-state index in [0.29, 0.717) is 16.6 Å². The third-order valence-electron chi connectivity index (χ3n) is 3.54. The van der Waals surface area contributed by atoms with Crippen LogP contribution in [0.25, 0.3) is 0 Å². The lowest BCUT2D eigenvalue weighted by molar-refractivity contribution is 0.369. The van der Waals surface area contributed by atoms with Crippen LogP contribution in [0.4, 0.5) is 0 Å². The Morgan fingerprint density at radius 3 is 2.89 bits per heavy atom. The summed E-state index contributed by atoms with van der Waals surface area (Å²) in [6.07, 6.45) is 4.55. The van der Waals surface area contributed by atoms with Gasteiger partial charge in [-0.3, -0.25) is 0 Å². The van der Waals surface area contributed by atoms with Gasteiger partial charge in [-0.05, 0) is 44.2 Å². The van der Waals surface area contributed by atoms with Crippen molar-refractivity contribution >= 4 is 33.0 Å². The molecule has 1 aliphatic rings. The van der Waals surface area contributed by atoms with Gasteiger partial charge < -0.3 is 0 Å². The van der Waals surface area contributed by atoms with Gasteiger partial charge in [0, 0.05) is 23.3 Å². The van der Waals surface area contributed by atoms with Crippen molar-refractivity contribution in [2.45, 2.75) is 49.3 Å². The van der Waals surface area contributed by atoms with E-state index < -0.39 is 10.0 Å². The molecule has 1 unspecified atom stereocenters. The molecule has 0 bridgehead atoms. The smallest absolute Gasteiger partial charge is 0.206 e. The van der Waals surface area contributed by atoms with Crippen molar-refractivity contribution in [2.75, 3.05) is 12.4 Å². The standard InChI is InChI=1S/C13H20ClNO2S2/c1-2-12-7-8-13(18-12)19(16,17)15-10-4-6-11(15)5-3-9-14/h7-8,11H,2-6,9-10H2,1H3. The number of sulfonamides is 1. The molecule has 0 aliphatic carbocycles. The Hall–Kier alpha value is -0.100. The van der Waals surface area contributed by atoms with Crippen LogP contribution in [0.3, 0.4) is 0 Å². The largest absolute Gasteiger partial charge is 0.252 e. The molecule has 1 aromatic heterocycles. The first-order valence-electron chi connectivity index (χ1n) is 6.76. The first-order chi connectivity index (χ1) is 9.09. The summed E-state index contributed by atoms with van der Waals surface area (Å²) in [5, 5.41) is 0. The number of nitrogens with zero attached hydrogens (tertiary/aromatic N) is 1. The SMILES string of the molecule is CCc1ccc(S(=O)(=O)N2CCCC2CCCCl)s1. The third kappa shape index (κ3) is 3.32. The van der Waals surface area contributed by atoms with Gasteiger partial charge in [0.15, 0.2) is 0 Å². The average molecular weight is 322 g/mol. The van der Waals surface area contributed by atoms with Crippen LogP contribution in [0.15, 0.2) is 16.3 Å². The minimum absolute atomic E-state index is 0.135. The van der Waals surface area contributed by atoms with Crippen LogP contribution in [0, 0.1) is 0 Å². The molecule has 2 heterocycles. The summed E-state index contributed by atoms with van der Waals surface area (Å²) in [5.41, 5.74) is 0. The molecule has 1 saturated heterocycles. The highest BCUT2D eigenvalue weighted by atomic mass is 35.5. The zero-order valence-corrected chi connectivity index (χ0v) is 13.5. The molecule has 6 heteroatoms. The van der Waals surface area contributed by atoms with Crippen LogP contribution >= 0.6 is 22.9 Å². The van der Waals surface area contributed by atoms with Gasteiger partial charge >= 0.3 is 0 Å². The Balaban J connectivity index is 2.18. The second kappa shape index (κ2) is 6.57. The van der Waals surface area contributed by atoms with E-state index >= 15 is 0 Å². The number of thiophene rings is 1. The van der Waals surface area contributed by atoms with Crippen molar-refractivity contribution in [3.05, 3.63) is 17.0 Å². The second-order valence-corrected chi connectivity index (χ2v) is 8.48. The highest BCUT2D eigenvalue weighted by Crippen LogP contribution is 2.32. The van der Waals surface area contributed by atoms with E-state index in [2.05, 4.69) is 0 Å². The fourth-order valence-corrected chi connectivity index (χ4v) is 5.83. The number of hydrogen-bond donors (Lipinski definition) is 0. The molecule has 0 N–H and O–H groups in total. The van der Waals surface area contributed by atoms with E-state index in [-0.39, 0.29) is 6.04 Å².